The van der Waals surface area contributed by atoms with Gasteiger partial charge in [-0.1, -0.05) is 6.92 Å². The van der Waals surface area contributed by atoms with Gasteiger partial charge < -0.3 is 10.1 Å². The lowest BCUT2D eigenvalue weighted by molar-refractivity contribution is 0.163. The molecule has 0 aromatic carbocycles. The molecule has 0 radical (unpaired) electrons. The third kappa shape index (κ3) is 5.25. The summed E-state index contributed by atoms with van der Waals surface area (Å²) in [4.78, 5) is 5.43. The van der Waals surface area contributed by atoms with Gasteiger partial charge in [-0.15, -0.1) is 11.3 Å². The second-order valence-electron chi connectivity index (χ2n) is 3.61. The zero-order valence-corrected chi connectivity index (χ0v) is 10.3. The van der Waals surface area contributed by atoms with Crippen molar-refractivity contribution in [3.05, 3.63) is 16.6 Å². The van der Waals surface area contributed by atoms with Crippen LogP contribution in [0.1, 0.15) is 24.6 Å². The summed E-state index contributed by atoms with van der Waals surface area (Å²) in [7, 11) is 1.76. The molecule has 1 N–H and O–H groups in total. The van der Waals surface area contributed by atoms with E-state index in [2.05, 4.69) is 17.2 Å². The first-order valence-electron chi connectivity index (χ1n) is 5.46. The summed E-state index contributed by atoms with van der Waals surface area (Å²) in [5.74, 6) is 0. The summed E-state index contributed by atoms with van der Waals surface area (Å²) >= 11 is 1.73. The maximum Gasteiger partial charge on any atom is 0.0794 e. The second-order valence-corrected chi connectivity index (χ2v) is 4.58. The Balaban J connectivity index is 2.24. The van der Waals surface area contributed by atoms with E-state index in [0.717, 1.165) is 26.0 Å². The minimum Gasteiger partial charge on any atom is -0.383 e. The van der Waals surface area contributed by atoms with E-state index in [1.807, 2.05) is 11.7 Å². The molecule has 1 aromatic rings. The highest BCUT2D eigenvalue weighted by molar-refractivity contribution is 7.09. The monoisotopic (exact) mass is 228 g/mol. The molecule has 0 amide bonds. The topological polar surface area (TPSA) is 34.2 Å². The molecule has 0 spiro atoms. The Kier molecular flexibility index (Phi) is 6.55. The van der Waals surface area contributed by atoms with Crippen LogP contribution in [0.25, 0.3) is 0 Å². The fourth-order valence-corrected chi connectivity index (χ4v) is 2.09. The molecular formula is C11H20N2OS. The molecule has 0 saturated heterocycles. The number of hydrogen-bond donors (Lipinski definition) is 1. The molecule has 0 fully saturated rings. The number of aryl methyl sites for hydroxylation is 1. The molecular weight excluding hydrogens is 208 g/mol. The van der Waals surface area contributed by atoms with Gasteiger partial charge in [-0.25, -0.2) is 0 Å². The fraction of sp³-hybridized carbons (Fsp3) is 0.727. The number of hydrogen-bond acceptors (Lipinski definition) is 4. The highest BCUT2D eigenvalue weighted by Crippen LogP contribution is 2.10. The second kappa shape index (κ2) is 7.79. The molecule has 0 aliphatic heterocycles. The number of nitrogens with one attached hydrogen (secondary N) is 1. The Labute approximate surface area is 95.9 Å². The molecule has 1 heterocycles. The quantitative estimate of drug-likeness (QED) is 0.740. The summed E-state index contributed by atoms with van der Waals surface area (Å²) in [6.07, 6.45) is 5.33. The summed E-state index contributed by atoms with van der Waals surface area (Å²) in [5, 5.41) is 3.49. The lowest BCUT2D eigenvalue weighted by Crippen LogP contribution is -2.34. The van der Waals surface area contributed by atoms with Gasteiger partial charge in [0.25, 0.3) is 0 Å². The van der Waals surface area contributed by atoms with E-state index in [1.165, 1.54) is 11.3 Å². The number of aromatic nitrogens is 1. The van der Waals surface area contributed by atoms with Crippen molar-refractivity contribution in [2.75, 3.05) is 20.3 Å². The van der Waals surface area contributed by atoms with Gasteiger partial charge in [0.15, 0.2) is 0 Å². The van der Waals surface area contributed by atoms with Crippen LogP contribution in [0, 0.1) is 0 Å². The predicted octanol–water partition coefficient (Wildman–Crippen LogP) is 2.09. The molecule has 15 heavy (non-hydrogen) atoms. The Hall–Kier alpha value is -0.450. The van der Waals surface area contributed by atoms with Gasteiger partial charge in [-0.05, 0) is 25.8 Å². The first-order valence-corrected chi connectivity index (χ1v) is 6.34. The fourth-order valence-electron chi connectivity index (χ4n) is 1.48. The minimum absolute atomic E-state index is 0.469. The molecule has 0 aliphatic rings. The van der Waals surface area contributed by atoms with Crippen LogP contribution in [-0.4, -0.2) is 31.3 Å². The van der Waals surface area contributed by atoms with E-state index in [9.17, 15) is 0 Å². The van der Waals surface area contributed by atoms with Crippen LogP contribution in [0.15, 0.2) is 11.7 Å². The Morgan fingerprint density at radius 1 is 1.60 bits per heavy atom. The third-order valence-corrected chi connectivity index (χ3v) is 3.11. The molecule has 1 rings (SSSR count). The third-order valence-electron chi connectivity index (χ3n) is 2.27. The normalized spacial score (nSPS) is 12.9. The summed E-state index contributed by atoms with van der Waals surface area (Å²) in [5.41, 5.74) is 1.89. The van der Waals surface area contributed by atoms with Crippen molar-refractivity contribution in [1.82, 2.24) is 10.3 Å². The SMILES string of the molecule is CCCNC(CCc1cncs1)COC. The van der Waals surface area contributed by atoms with Gasteiger partial charge >= 0.3 is 0 Å². The average molecular weight is 228 g/mol. The lowest BCUT2D eigenvalue weighted by Gasteiger charge is -2.16. The first kappa shape index (κ1) is 12.6. The zero-order valence-electron chi connectivity index (χ0n) is 9.53. The van der Waals surface area contributed by atoms with Crippen molar-refractivity contribution < 1.29 is 4.74 Å². The maximum atomic E-state index is 5.20. The van der Waals surface area contributed by atoms with Gasteiger partial charge in [0.2, 0.25) is 0 Å². The Bertz CT molecular complexity index is 239. The van der Waals surface area contributed by atoms with Crippen molar-refractivity contribution >= 4 is 11.3 Å². The average Bonchev–Trinajstić information content (AvgIpc) is 2.75. The molecule has 1 aromatic heterocycles. The van der Waals surface area contributed by atoms with Crippen LogP contribution >= 0.6 is 11.3 Å². The van der Waals surface area contributed by atoms with Gasteiger partial charge in [-0.2, -0.15) is 0 Å². The van der Waals surface area contributed by atoms with E-state index in [1.54, 1.807) is 18.4 Å². The highest BCUT2D eigenvalue weighted by atomic mass is 32.1. The molecule has 0 aliphatic carbocycles. The minimum atomic E-state index is 0.469. The molecule has 4 heteroatoms. The number of nitrogens with zero attached hydrogens (tertiary/aromatic N) is 1. The van der Waals surface area contributed by atoms with Crippen molar-refractivity contribution in [1.29, 1.82) is 0 Å². The number of thiazole rings is 1. The first-order chi connectivity index (χ1) is 7.36. The van der Waals surface area contributed by atoms with Crippen molar-refractivity contribution in [3.8, 4) is 0 Å². The van der Waals surface area contributed by atoms with Gasteiger partial charge in [0.05, 0.1) is 12.1 Å². The summed E-state index contributed by atoms with van der Waals surface area (Å²) in [6.45, 7) is 4.04. The van der Waals surface area contributed by atoms with Crippen molar-refractivity contribution in [2.24, 2.45) is 0 Å². The predicted molar refractivity (Wildman–Crippen MR) is 64.4 cm³/mol. The van der Waals surface area contributed by atoms with Crippen molar-refractivity contribution in [3.63, 3.8) is 0 Å². The maximum absolute atomic E-state index is 5.20. The zero-order chi connectivity index (χ0) is 10.9. The van der Waals surface area contributed by atoms with Crippen LogP contribution in [0.2, 0.25) is 0 Å². The molecule has 1 atom stereocenters. The largest absolute Gasteiger partial charge is 0.383 e. The highest BCUT2D eigenvalue weighted by Gasteiger charge is 2.07. The van der Waals surface area contributed by atoms with Crippen molar-refractivity contribution in [2.45, 2.75) is 32.2 Å². The Morgan fingerprint density at radius 2 is 2.47 bits per heavy atom. The molecule has 3 nitrogen and oxygen atoms in total. The van der Waals surface area contributed by atoms with Gasteiger partial charge in [-0.3, -0.25) is 4.98 Å². The van der Waals surface area contributed by atoms with Crippen LogP contribution in [-0.2, 0) is 11.2 Å². The van der Waals surface area contributed by atoms with E-state index in [0.29, 0.717) is 6.04 Å². The van der Waals surface area contributed by atoms with E-state index in [-0.39, 0.29) is 0 Å². The smallest absolute Gasteiger partial charge is 0.0794 e. The van der Waals surface area contributed by atoms with Gasteiger partial charge in [0.1, 0.15) is 0 Å². The molecule has 0 saturated carbocycles. The molecule has 1 unspecified atom stereocenters. The lowest BCUT2D eigenvalue weighted by atomic mass is 10.1. The van der Waals surface area contributed by atoms with E-state index < -0.39 is 0 Å². The summed E-state index contributed by atoms with van der Waals surface area (Å²) in [6, 6.07) is 0.469. The Morgan fingerprint density at radius 3 is 3.07 bits per heavy atom. The standard InChI is InChI=1S/C11H20N2OS/c1-3-6-13-10(8-14-2)4-5-11-7-12-9-15-11/h7,9-10,13H,3-6,8H2,1-2H3. The van der Waals surface area contributed by atoms with Crippen LogP contribution in [0.4, 0.5) is 0 Å². The van der Waals surface area contributed by atoms with E-state index in [4.69, 9.17) is 4.74 Å². The summed E-state index contributed by atoms with van der Waals surface area (Å²) < 4.78 is 5.20. The molecule has 0 bridgehead atoms. The molecule has 86 valence electrons. The van der Waals surface area contributed by atoms with Crippen LogP contribution in [0.3, 0.4) is 0 Å². The van der Waals surface area contributed by atoms with Crippen LogP contribution < -0.4 is 5.32 Å². The van der Waals surface area contributed by atoms with E-state index >= 15 is 0 Å². The van der Waals surface area contributed by atoms with Gasteiger partial charge in [0, 0.05) is 24.2 Å². The number of ether oxygens (including phenoxy) is 1. The van der Waals surface area contributed by atoms with Crippen LogP contribution in [0.5, 0.6) is 0 Å². The number of methoxy groups -OCH3 is 1. The number of rotatable bonds is 8.